The predicted octanol–water partition coefficient (Wildman–Crippen LogP) is 1.00. The standard InChI is InChI=1S/C10H10FN3O3S/c1-18(15,16)5-9-13-10(17-14-9)7-4-6(11)2-3-8(7)12/h2-4H,5,12H2,1H3. The molecule has 0 aliphatic heterocycles. The topological polar surface area (TPSA) is 99.1 Å². The van der Waals surface area contributed by atoms with Crippen LogP contribution in [0.25, 0.3) is 11.5 Å². The zero-order chi connectivity index (χ0) is 13.3. The van der Waals surface area contributed by atoms with Crippen LogP contribution in [0.3, 0.4) is 0 Å². The number of hydrogen-bond acceptors (Lipinski definition) is 6. The molecular weight excluding hydrogens is 261 g/mol. The first kappa shape index (κ1) is 12.5. The fourth-order valence-electron chi connectivity index (χ4n) is 1.37. The first-order valence-corrected chi connectivity index (χ1v) is 6.97. The molecule has 1 aromatic carbocycles. The van der Waals surface area contributed by atoms with Gasteiger partial charge < -0.3 is 10.3 Å². The number of anilines is 1. The third-order valence-corrected chi connectivity index (χ3v) is 2.89. The lowest BCUT2D eigenvalue weighted by molar-refractivity contribution is 0.424. The van der Waals surface area contributed by atoms with Crippen LogP contribution in [0.1, 0.15) is 5.82 Å². The fraction of sp³-hybridized carbons (Fsp3) is 0.200. The van der Waals surface area contributed by atoms with Gasteiger partial charge in [-0.15, -0.1) is 0 Å². The van der Waals surface area contributed by atoms with E-state index in [-0.39, 0.29) is 28.7 Å². The molecule has 0 unspecified atom stereocenters. The summed E-state index contributed by atoms with van der Waals surface area (Å²) in [6.07, 6.45) is 1.06. The van der Waals surface area contributed by atoms with Gasteiger partial charge in [0, 0.05) is 11.9 Å². The summed E-state index contributed by atoms with van der Waals surface area (Å²) in [5.74, 6) is -0.838. The number of nitrogens with two attached hydrogens (primary N) is 1. The summed E-state index contributed by atoms with van der Waals surface area (Å²) >= 11 is 0. The smallest absolute Gasteiger partial charge is 0.260 e. The van der Waals surface area contributed by atoms with Gasteiger partial charge in [0.1, 0.15) is 11.6 Å². The highest BCUT2D eigenvalue weighted by molar-refractivity contribution is 7.89. The Morgan fingerprint density at radius 2 is 2.17 bits per heavy atom. The highest BCUT2D eigenvalue weighted by Gasteiger charge is 2.15. The molecule has 0 bridgehead atoms. The lowest BCUT2D eigenvalue weighted by atomic mass is 10.2. The van der Waals surface area contributed by atoms with Crippen molar-refractivity contribution in [1.29, 1.82) is 0 Å². The SMILES string of the molecule is CS(=O)(=O)Cc1noc(-c2cc(F)ccc2N)n1. The molecular formula is C10H10FN3O3S. The average molecular weight is 271 g/mol. The van der Waals surface area contributed by atoms with E-state index in [9.17, 15) is 12.8 Å². The van der Waals surface area contributed by atoms with Crippen molar-refractivity contribution in [3.8, 4) is 11.5 Å². The molecule has 0 amide bonds. The number of benzene rings is 1. The fourth-order valence-corrected chi connectivity index (χ4v) is 1.96. The van der Waals surface area contributed by atoms with E-state index in [1.807, 2.05) is 0 Å². The Balaban J connectivity index is 2.38. The van der Waals surface area contributed by atoms with Gasteiger partial charge in [-0.1, -0.05) is 5.16 Å². The van der Waals surface area contributed by atoms with Crippen LogP contribution in [0, 0.1) is 5.82 Å². The number of nitrogen functional groups attached to an aromatic ring is 1. The minimum atomic E-state index is -3.25. The normalized spacial score (nSPS) is 11.7. The van der Waals surface area contributed by atoms with Crippen molar-refractivity contribution in [3.63, 3.8) is 0 Å². The first-order chi connectivity index (χ1) is 8.35. The predicted molar refractivity (Wildman–Crippen MR) is 62.7 cm³/mol. The molecule has 0 atom stereocenters. The molecule has 0 spiro atoms. The van der Waals surface area contributed by atoms with E-state index in [0.29, 0.717) is 0 Å². The third kappa shape index (κ3) is 2.83. The monoisotopic (exact) mass is 271 g/mol. The van der Waals surface area contributed by atoms with Crippen LogP contribution in [0.2, 0.25) is 0 Å². The molecule has 1 heterocycles. The molecule has 2 rings (SSSR count). The molecule has 8 heteroatoms. The maximum atomic E-state index is 13.1. The molecule has 2 N–H and O–H groups in total. The number of hydrogen-bond donors (Lipinski definition) is 1. The summed E-state index contributed by atoms with van der Waals surface area (Å²) < 4.78 is 40.1. The molecule has 0 aliphatic rings. The largest absolute Gasteiger partial charge is 0.398 e. The Kier molecular flexibility index (Phi) is 3.04. The van der Waals surface area contributed by atoms with E-state index in [1.165, 1.54) is 12.1 Å². The average Bonchev–Trinajstić information content (AvgIpc) is 2.67. The molecule has 96 valence electrons. The minimum absolute atomic E-state index is 0.00866. The second-order valence-electron chi connectivity index (χ2n) is 3.82. The van der Waals surface area contributed by atoms with Gasteiger partial charge in [0.15, 0.2) is 15.7 Å². The van der Waals surface area contributed by atoms with Crippen LogP contribution in [0.4, 0.5) is 10.1 Å². The molecule has 6 nitrogen and oxygen atoms in total. The second-order valence-corrected chi connectivity index (χ2v) is 5.96. The number of rotatable bonds is 3. The lowest BCUT2D eigenvalue weighted by Gasteiger charge is -1.99. The lowest BCUT2D eigenvalue weighted by Crippen LogP contribution is -2.02. The van der Waals surface area contributed by atoms with Crippen LogP contribution in [-0.2, 0) is 15.6 Å². The van der Waals surface area contributed by atoms with Crippen molar-refractivity contribution < 1.29 is 17.3 Å². The van der Waals surface area contributed by atoms with Gasteiger partial charge >= 0.3 is 0 Å². The number of halogens is 1. The first-order valence-electron chi connectivity index (χ1n) is 4.91. The summed E-state index contributed by atoms with van der Waals surface area (Å²) in [4.78, 5) is 3.86. The van der Waals surface area contributed by atoms with E-state index in [0.717, 1.165) is 12.3 Å². The maximum Gasteiger partial charge on any atom is 0.260 e. The second kappa shape index (κ2) is 4.37. The minimum Gasteiger partial charge on any atom is -0.398 e. The highest BCUT2D eigenvalue weighted by Crippen LogP contribution is 2.25. The summed E-state index contributed by atoms with van der Waals surface area (Å²) in [5.41, 5.74) is 6.15. The van der Waals surface area contributed by atoms with Crippen molar-refractivity contribution in [2.24, 2.45) is 0 Å². The molecule has 0 saturated carbocycles. The zero-order valence-corrected chi connectivity index (χ0v) is 10.2. The zero-order valence-electron chi connectivity index (χ0n) is 9.42. The van der Waals surface area contributed by atoms with Gasteiger partial charge in [0.25, 0.3) is 5.89 Å². The maximum absolute atomic E-state index is 13.1. The molecule has 0 fully saturated rings. The number of aromatic nitrogens is 2. The van der Waals surface area contributed by atoms with Crippen LogP contribution in [0.5, 0.6) is 0 Å². The Labute approximate surface area is 103 Å². The van der Waals surface area contributed by atoms with Crippen molar-refractivity contribution in [3.05, 3.63) is 29.8 Å². The summed E-state index contributed by atoms with van der Waals surface area (Å²) in [6, 6.07) is 3.71. The van der Waals surface area contributed by atoms with E-state index < -0.39 is 15.7 Å². The number of nitrogens with zero attached hydrogens (tertiary/aromatic N) is 2. The van der Waals surface area contributed by atoms with E-state index >= 15 is 0 Å². The Bertz CT molecular complexity index is 681. The Morgan fingerprint density at radius 3 is 2.83 bits per heavy atom. The molecule has 0 saturated heterocycles. The van der Waals surface area contributed by atoms with Gasteiger partial charge in [-0.3, -0.25) is 0 Å². The van der Waals surface area contributed by atoms with Crippen molar-refractivity contribution in [1.82, 2.24) is 10.1 Å². The van der Waals surface area contributed by atoms with E-state index in [1.54, 1.807) is 0 Å². The third-order valence-electron chi connectivity index (χ3n) is 2.11. The molecule has 0 radical (unpaired) electrons. The summed E-state index contributed by atoms with van der Waals surface area (Å²) in [6.45, 7) is 0. The molecule has 0 aliphatic carbocycles. The Morgan fingerprint density at radius 1 is 1.44 bits per heavy atom. The number of sulfone groups is 1. The van der Waals surface area contributed by atoms with Gasteiger partial charge in [-0.25, -0.2) is 12.8 Å². The van der Waals surface area contributed by atoms with Crippen molar-refractivity contribution in [2.45, 2.75) is 5.75 Å². The summed E-state index contributed by atoms with van der Waals surface area (Å²) in [7, 11) is -3.25. The molecule has 18 heavy (non-hydrogen) atoms. The van der Waals surface area contributed by atoms with Crippen LogP contribution in [0.15, 0.2) is 22.7 Å². The van der Waals surface area contributed by atoms with Crippen molar-refractivity contribution in [2.75, 3.05) is 12.0 Å². The van der Waals surface area contributed by atoms with Gasteiger partial charge in [0.05, 0.1) is 5.56 Å². The molecule has 1 aromatic heterocycles. The summed E-state index contributed by atoms with van der Waals surface area (Å²) in [5, 5.41) is 3.51. The van der Waals surface area contributed by atoms with Crippen LogP contribution < -0.4 is 5.73 Å². The van der Waals surface area contributed by atoms with Crippen molar-refractivity contribution >= 4 is 15.5 Å². The van der Waals surface area contributed by atoms with Crippen LogP contribution in [-0.4, -0.2) is 24.8 Å². The quantitative estimate of drug-likeness (QED) is 0.836. The van der Waals surface area contributed by atoms with Gasteiger partial charge in [-0.2, -0.15) is 4.98 Å². The van der Waals surface area contributed by atoms with Gasteiger partial charge in [-0.05, 0) is 18.2 Å². The van der Waals surface area contributed by atoms with Crippen LogP contribution >= 0.6 is 0 Å². The van der Waals surface area contributed by atoms with E-state index in [4.69, 9.17) is 10.3 Å². The molecule has 2 aromatic rings. The Hall–Kier alpha value is -1.96. The van der Waals surface area contributed by atoms with Gasteiger partial charge in [0.2, 0.25) is 0 Å². The van der Waals surface area contributed by atoms with E-state index in [2.05, 4.69) is 10.1 Å². The highest BCUT2D eigenvalue weighted by atomic mass is 32.2.